The number of likely N-dealkylation sites (tertiary alicyclic amines) is 1. The lowest BCUT2D eigenvalue weighted by Crippen LogP contribution is -2.44. The zero-order valence-corrected chi connectivity index (χ0v) is 18.0. The Bertz CT molecular complexity index is 802. The molecule has 5 heteroatoms. The Balaban J connectivity index is 1.92. The monoisotopic (exact) mass is 430 g/mol. The molecular formula is C22H27BrN2O2. The molecule has 4 nitrogen and oxygen atoms in total. The third-order valence-electron chi connectivity index (χ3n) is 5.01. The predicted molar refractivity (Wildman–Crippen MR) is 111 cm³/mol. The van der Waals surface area contributed by atoms with Gasteiger partial charge >= 0.3 is 6.09 Å². The van der Waals surface area contributed by atoms with Crippen LogP contribution in [0.1, 0.15) is 55.7 Å². The van der Waals surface area contributed by atoms with Crippen molar-refractivity contribution in [1.82, 2.24) is 9.88 Å². The molecule has 0 aliphatic carbocycles. The Hall–Kier alpha value is -1.88. The second-order valence-electron chi connectivity index (χ2n) is 8.22. The first-order valence-corrected chi connectivity index (χ1v) is 10.2. The molecule has 2 atom stereocenters. The molecular weight excluding hydrogens is 404 g/mol. The fourth-order valence-corrected chi connectivity index (χ4v) is 4.28. The smallest absolute Gasteiger partial charge is 0.410 e. The van der Waals surface area contributed by atoms with Crippen molar-refractivity contribution in [3.05, 3.63) is 63.9 Å². The number of hydrogen-bond donors (Lipinski definition) is 0. The van der Waals surface area contributed by atoms with E-state index >= 15 is 0 Å². The molecule has 0 N–H and O–H groups in total. The van der Waals surface area contributed by atoms with Crippen LogP contribution in [0, 0.1) is 6.92 Å². The Morgan fingerprint density at radius 3 is 2.67 bits per heavy atom. The van der Waals surface area contributed by atoms with Crippen LogP contribution in [0.15, 0.2) is 47.2 Å². The van der Waals surface area contributed by atoms with Crippen LogP contribution in [-0.4, -0.2) is 34.7 Å². The third kappa shape index (κ3) is 4.89. The normalized spacial score (nSPS) is 20.4. The van der Waals surface area contributed by atoms with Gasteiger partial charge in [-0.15, -0.1) is 0 Å². The van der Waals surface area contributed by atoms with Crippen LogP contribution in [0.25, 0.3) is 0 Å². The highest BCUT2D eigenvalue weighted by Gasteiger charge is 2.35. The van der Waals surface area contributed by atoms with Gasteiger partial charge in [-0.2, -0.15) is 0 Å². The van der Waals surface area contributed by atoms with Gasteiger partial charge in [0.1, 0.15) is 5.60 Å². The first-order chi connectivity index (χ1) is 12.7. The van der Waals surface area contributed by atoms with E-state index in [1.807, 2.05) is 37.9 Å². The summed E-state index contributed by atoms with van der Waals surface area (Å²) in [5.74, 6) is 0.542. The van der Waals surface area contributed by atoms with Crippen LogP contribution >= 0.6 is 15.9 Å². The van der Waals surface area contributed by atoms with E-state index in [2.05, 4.69) is 52.1 Å². The highest BCUT2D eigenvalue weighted by molar-refractivity contribution is 9.10. The van der Waals surface area contributed by atoms with Crippen molar-refractivity contribution in [1.29, 1.82) is 0 Å². The zero-order chi connectivity index (χ0) is 19.6. The summed E-state index contributed by atoms with van der Waals surface area (Å²) in [6.07, 6.45) is 4.42. The standard InChI is InChI=1S/C22H27BrN2O2/c1-15-12-17(23)7-8-18(15)20-14-25(21(26)27-22(2,3)4)11-9-19(20)16-6-5-10-24-13-16/h5-8,10,12-13,19-20H,9,11,14H2,1-4H3/t19-,20-/m1/s1. The van der Waals surface area contributed by atoms with Crippen molar-refractivity contribution in [3.8, 4) is 0 Å². The van der Waals surface area contributed by atoms with Gasteiger partial charge in [0, 0.05) is 35.9 Å². The molecule has 0 spiro atoms. The summed E-state index contributed by atoms with van der Waals surface area (Å²) in [5.41, 5.74) is 3.25. The van der Waals surface area contributed by atoms with Crippen molar-refractivity contribution in [3.63, 3.8) is 0 Å². The van der Waals surface area contributed by atoms with E-state index < -0.39 is 5.60 Å². The summed E-state index contributed by atoms with van der Waals surface area (Å²) in [5, 5.41) is 0. The van der Waals surface area contributed by atoms with Gasteiger partial charge in [-0.1, -0.05) is 28.1 Å². The lowest BCUT2D eigenvalue weighted by Gasteiger charge is -2.40. The van der Waals surface area contributed by atoms with Crippen LogP contribution in [0.4, 0.5) is 4.79 Å². The van der Waals surface area contributed by atoms with Crippen molar-refractivity contribution >= 4 is 22.0 Å². The summed E-state index contributed by atoms with van der Waals surface area (Å²) < 4.78 is 6.69. The van der Waals surface area contributed by atoms with E-state index in [1.165, 1.54) is 16.7 Å². The highest BCUT2D eigenvalue weighted by Crippen LogP contribution is 2.41. The Morgan fingerprint density at radius 1 is 1.26 bits per heavy atom. The number of hydrogen-bond acceptors (Lipinski definition) is 3. The van der Waals surface area contributed by atoms with E-state index in [9.17, 15) is 4.79 Å². The van der Waals surface area contributed by atoms with Crippen LogP contribution in [0.2, 0.25) is 0 Å². The molecule has 2 heterocycles. The van der Waals surface area contributed by atoms with E-state index in [1.54, 1.807) is 6.20 Å². The maximum atomic E-state index is 12.7. The molecule has 1 amide bonds. The van der Waals surface area contributed by atoms with Crippen molar-refractivity contribution in [2.75, 3.05) is 13.1 Å². The number of piperidine rings is 1. The second-order valence-corrected chi connectivity index (χ2v) is 9.13. The van der Waals surface area contributed by atoms with E-state index in [0.717, 1.165) is 10.9 Å². The van der Waals surface area contributed by atoms with Gasteiger partial charge in [-0.05, 0) is 74.9 Å². The van der Waals surface area contributed by atoms with Crippen LogP contribution in [0.5, 0.6) is 0 Å². The molecule has 3 rings (SSSR count). The van der Waals surface area contributed by atoms with Gasteiger partial charge in [0.2, 0.25) is 0 Å². The van der Waals surface area contributed by atoms with Gasteiger partial charge in [-0.25, -0.2) is 4.79 Å². The van der Waals surface area contributed by atoms with Gasteiger partial charge in [0.25, 0.3) is 0 Å². The lowest BCUT2D eigenvalue weighted by molar-refractivity contribution is 0.0183. The maximum Gasteiger partial charge on any atom is 0.410 e. The minimum Gasteiger partial charge on any atom is -0.444 e. The summed E-state index contributed by atoms with van der Waals surface area (Å²) in [4.78, 5) is 18.8. The number of aryl methyl sites for hydroxylation is 1. The number of benzene rings is 1. The number of aromatic nitrogens is 1. The van der Waals surface area contributed by atoms with Gasteiger partial charge in [0.15, 0.2) is 0 Å². The molecule has 27 heavy (non-hydrogen) atoms. The maximum absolute atomic E-state index is 12.7. The van der Waals surface area contributed by atoms with Crippen LogP contribution in [0.3, 0.4) is 0 Å². The number of carbonyl (C=O) groups is 1. The molecule has 1 aliphatic heterocycles. The van der Waals surface area contributed by atoms with Gasteiger partial charge < -0.3 is 9.64 Å². The summed E-state index contributed by atoms with van der Waals surface area (Å²) in [7, 11) is 0. The van der Waals surface area contributed by atoms with Crippen LogP contribution < -0.4 is 0 Å². The topological polar surface area (TPSA) is 42.4 Å². The molecule has 0 saturated carbocycles. The number of pyridine rings is 1. The first kappa shape index (κ1) is 19.9. The van der Waals surface area contributed by atoms with Gasteiger partial charge in [-0.3, -0.25) is 4.98 Å². The van der Waals surface area contributed by atoms with Crippen molar-refractivity contribution in [2.45, 2.75) is 51.6 Å². The number of carbonyl (C=O) groups excluding carboxylic acids is 1. The number of ether oxygens (including phenoxy) is 1. The van der Waals surface area contributed by atoms with Crippen LogP contribution in [-0.2, 0) is 4.74 Å². The number of rotatable bonds is 2. The lowest BCUT2D eigenvalue weighted by atomic mass is 9.76. The fourth-order valence-electron chi connectivity index (χ4n) is 3.81. The molecule has 0 bridgehead atoms. The fraction of sp³-hybridized carbons (Fsp3) is 0.455. The molecule has 1 saturated heterocycles. The average molecular weight is 431 g/mol. The first-order valence-electron chi connectivity index (χ1n) is 9.38. The molecule has 0 unspecified atom stereocenters. The SMILES string of the molecule is Cc1cc(Br)ccc1[C@H]1CN(C(=O)OC(C)(C)C)CC[C@@H]1c1cccnc1. The minimum atomic E-state index is -0.486. The molecule has 1 aromatic carbocycles. The molecule has 1 fully saturated rings. The average Bonchev–Trinajstić information content (AvgIpc) is 2.60. The van der Waals surface area contributed by atoms with Gasteiger partial charge in [0.05, 0.1) is 0 Å². The van der Waals surface area contributed by atoms with E-state index in [-0.39, 0.29) is 12.0 Å². The number of nitrogens with zero attached hydrogens (tertiary/aromatic N) is 2. The van der Waals surface area contributed by atoms with Crippen molar-refractivity contribution in [2.24, 2.45) is 0 Å². The third-order valence-corrected chi connectivity index (χ3v) is 5.50. The largest absolute Gasteiger partial charge is 0.444 e. The van der Waals surface area contributed by atoms with Crippen molar-refractivity contribution < 1.29 is 9.53 Å². The Labute approximate surface area is 170 Å². The second kappa shape index (κ2) is 8.01. The Kier molecular flexibility index (Phi) is 5.89. The predicted octanol–water partition coefficient (Wildman–Crippen LogP) is 5.66. The molecule has 1 aliphatic rings. The highest BCUT2D eigenvalue weighted by atomic mass is 79.9. The molecule has 1 aromatic heterocycles. The quantitative estimate of drug-likeness (QED) is 0.616. The summed E-state index contributed by atoms with van der Waals surface area (Å²) >= 11 is 3.55. The number of amides is 1. The van der Waals surface area contributed by atoms with E-state index in [4.69, 9.17) is 4.74 Å². The van der Waals surface area contributed by atoms with E-state index in [0.29, 0.717) is 19.0 Å². The molecule has 144 valence electrons. The molecule has 2 aromatic rings. The minimum absolute atomic E-state index is 0.212. The summed E-state index contributed by atoms with van der Waals surface area (Å²) in [6.45, 7) is 9.20. The number of halogens is 1. The Morgan fingerprint density at radius 2 is 2.04 bits per heavy atom. The zero-order valence-electron chi connectivity index (χ0n) is 16.4. The molecule has 0 radical (unpaired) electrons. The summed E-state index contributed by atoms with van der Waals surface area (Å²) in [6, 6.07) is 10.5.